The predicted octanol–water partition coefficient (Wildman–Crippen LogP) is 3.67. The number of rotatable bonds is 8. The summed E-state index contributed by atoms with van der Waals surface area (Å²) in [6.07, 6.45) is -0.819. The molecule has 0 unspecified atom stereocenters. The Hall–Kier alpha value is -2.53. The van der Waals surface area contributed by atoms with Gasteiger partial charge in [-0.1, -0.05) is 47.5 Å². The van der Waals surface area contributed by atoms with Gasteiger partial charge in [0.25, 0.3) is 5.91 Å². The maximum absolute atomic E-state index is 12.0. The van der Waals surface area contributed by atoms with Gasteiger partial charge in [0.2, 0.25) is 0 Å². The summed E-state index contributed by atoms with van der Waals surface area (Å²) in [5.41, 5.74) is 1.93. The molecule has 6 heteroatoms. The molecule has 2 rings (SSSR count). The molecular weight excluding hydrogens is 354 g/mol. The second kappa shape index (κ2) is 9.82. The number of nitrogens with one attached hydrogen (secondary N) is 1. The largest absolute Gasteiger partial charge is 0.493 e. The van der Waals surface area contributed by atoms with E-state index in [9.17, 15) is 9.59 Å². The lowest BCUT2D eigenvalue weighted by atomic mass is 10.2. The number of aryl methyl sites for hydroxylation is 1. The van der Waals surface area contributed by atoms with Gasteiger partial charge in [0.05, 0.1) is 13.0 Å². The van der Waals surface area contributed by atoms with Crippen molar-refractivity contribution in [1.29, 1.82) is 0 Å². The van der Waals surface area contributed by atoms with Gasteiger partial charge in [-0.15, -0.1) is 0 Å². The lowest BCUT2D eigenvalue weighted by Gasteiger charge is -2.14. The molecule has 0 saturated carbocycles. The molecule has 0 radical (unpaired) electrons. The summed E-state index contributed by atoms with van der Waals surface area (Å²) in [6.45, 7) is 3.98. The highest BCUT2D eigenvalue weighted by molar-refractivity contribution is 6.31. The SMILES string of the molecule is Cc1ccc(OCCC(=O)O[C@H](C)C(=O)NCc2ccccc2Cl)cc1. The molecule has 0 aliphatic heterocycles. The van der Waals surface area contributed by atoms with Crippen LogP contribution >= 0.6 is 11.6 Å². The first-order chi connectivity index (χ1) is 12.5. The Bertz CT molecular complexity index is 746. The van der Waals surface area contributed by atoms with Gasteiger partial charge < -0.3 is 14.8 Å². The van der Waals surface area contributed by atoms with Gasteiger partial charge in [0.1, 0.15) is 5.75 Å². The Morgan fingerprint density at radius 1 is 1.12 bits per heavy atom. The Balaban J connectivity index is 1.69. The van der Waals surface area contributed by atoms with Crippen LogP contribution in [0.5, 0.6) is 5.75 Å². The third kappa shape index (κ3) is 6.41. The zero-order valence-electron chi connectivity index (χ0n) is 14.8. The van der Waals surface area contributed by atoms with E-state index in [4.69, 9.17) is 21.1 Å². The van der Waals surface area contributed by atoms with Crippen molar-refractivity contribution in [3.63, 3.8) is 0 Å². The highest BCUT2D eigenvalue weighted by Crippen LogP contribution is 2.14. The molecule has 0 aliphatic rings. The molecule has 1 amide bonds. The van der Waals surface area contributed by atoms with Crippen molar-refractivity contribution in [2.24, 2.45) is 0 Å². The number of halogens is 1. The molecule has 2 aromatic rings. The van der Waals surface area contributed by atoms with E-state index in [0.29, 0.717) is 10.8 Å². The monoisotopic (exact) mass is 375 g/mol. The summed E-state index contributed by atoms with van der Waals surface area (Å²) in [5.74, 6) is -0.177. The standard InChI is InChI=1S/C20H22ClNO4/c1-14-7-9-17(10-8-14)25-12-11-19(23)26-15(2)20(24)22-13-16-5-3-4-6-18(16)21/h3-10,15H,11-13H2,1-2H3,(H,22,24)/t15-/m1/s1. The van der Waals surface area contributed by atoms with E-state index in [1.54, 1.807) is 6.07 Å². The molecule has 138 valence electrons. The molecule has 1 atom stereocenters. The fraction of sp³-hybridized carbons (Fsp3) is 0.300. The smallest absolute Gasteiger partial charge is 0.310 e. The number of esters is 1. The van der Waals surface area contributed by atoms with Gasteiger partial charge in [0.15, 0.2) is 6.10 Å². The lowest BCUT2D eigenvalue weighted by Crippen LogP contribution is -2.35. The Kier molecular flexibility index (Phi) is 7.48. The summed E-state index contributed by atoms with van der Waals surface area (Å²) >= 11 is 6.04. The molecule has 0 bridgehead atoms. The van der Waals surface area contributed by atoms with Crippen LogP contribution in [0.3, 0.4) is 0 Å². The third-order valence-corrected chi connectivity index (χ3v) is 4.05. The van der Waals surface area contributed by atoms with Crippen molar-refractivity contribution in [2.75, 3.05) is 6.61 Å². The third-order valence-electron chi connectivity index (χ3n) is 3.68. The second-order valence-corrected chi connectivity index (χ2v) is 6.26. The molecule has 0 aromatic heterocycles. The van der Waals surface area contributed by atoms with E-state index in [1.165, 1.54) is 6.92 Å². The zero-order chi connectivity index (χ0) is 18.9. The van der Waals surface area contributed by atoms with Crippen LogP contribution in [-0.4, -0.2) is 24.6 Å². The first-order valence-electron chi connectivity index (χ1n) is 8.36. The van der Waals surface area contributed by atoms with E-state index in [1.807, 2.05) is 49.4 Å². The first kappa shape index (κ1) is 19.8. The van der Waals surface area contributed by atoms with Gasteiger partial charge in [-0.25, -0.2) is 0 Å². The minimum absolute atomic E-state index is 0.0655. The predicted molar refractivity (Wildman–Crippen MR) is 100 cm³/mol. The van der Waals surface area contributed by atoms with Crippen molar-refractivity contribution in [1.82, 2.24) is 5.32 Å². The van der Waals surface area contributed by atoms with Crippen LogP contribution in [0.2, 0.25) is 5.02 Å². The number of hydrogen-bond donors (Lipinski definition) is 1. The van der Waals surface area contributed by atoms with Crippen LogP contribution in [0.25, 0.3) is 0 Å². The first-order valence-corrected chi connectivity index (χ1v) is 8.73. The fourth-order valence-electron chi connectivity index (χ4n) is 2.16. The average molecular weight is 376 g/mol. The van der Waals surface area contributed by atoms with Crippen LogP contribution in [0, 0.1) is 6.92 Å². The Morgan fingerprint density at radius 2 is 1.81 bits per heavy atom. The zero-order valence-corrected chi connectivity index (χ0v) is 15.6. The number of carbonyl (C=O) groups is 2. The van der Waals surface area contributed by atoms with E-state index in [2.05, 4.69) is 5.32 Å². The summed E-state index contributed by atoms with van der Waals surface area (Å²) < 4.78 is 10.6. The van der Waals surface area contributed by atoms with Crippen molar-refractivity contribution < 1.29 is 19.1 Å². The van der Waals surface area contributed by atoms with Crippen molar-refractivity contribution in [2.45, 2.75) is 32.9 Å². The highest BCUT2D eigenvalue weighted by Gasteiger charge is 2.17. The molecule has 0 fully saturated rings. The Labute approximate surface area is 158 Å². The van der Waals surface area contributed by atoms with Crippen molar-refractivity contribution in [3.8, 4) is 5.75 Å². The normalized spacial score (nSPS) is 11.5. The van der Waals surface area contributed by atoms with Crippen LogP contribution in [0.4, 0.5) is 0 Å². The Morgan fingerprint density at radius 3 is 2.50 bits per heavy atom. The number of carbonyl (C=O) groups excluding carboxylic acids is 2. The maximum atomic E-state index is 12.0. The van der Waals surface area contributed by atoms with Crippen LogP contribution < -0.4 is 10.1 Å². The molecular formula is C20H22ClNO4. The number of amides is 1. The van der Waals surface area contributed by atoms with Crippen LogP contribution in [-0.2, 0) is 20.9 Å². The van der Waals surface area contributed by atoms with Crippen LogP contribution in [0.1, 0.15) is 24.5 Å². The average Bonchev–Trinajstić information content (AvgIpc) is 2.62. The van der Waals surface area contributed by atoms with Crippen molar-refractivity contribution in [3.05, 3.63) is 64.7 Å². The molecule has 0 saturated heterocycles. The van der Waals surface area contributed by atoms with E-state index >= 15 is 0 Å². The number of ether oxygens (including phenoxy) is 2. The van der Waals surface area contributed by atoms with E-state index < -0.39 is 12.1 Å². The van der Waals surface area contributed by atoms with E-state index in [-0.39, 0.29) is 25.5 Å². The van der Waals surface area contributed by atoms with Gasteiger partial charge in [0, 0.05) is 11.6 Å². The molecule has 1 N–H and O–H groups in total. The number of benzene rings is 2. The minimum atomic E-state index is -0.885. The van der Waals surface area contributed by atoms with Crippen LogP contribution in [0.15, 0.2) is 48.5 Å². The quantitative estimate of drug-likeness (QED) is 0.715. The van der Waals surface area contributed by atoms with Gasteiger partial charge >= 0.3 is 5.97 Å². The number of hydrogen-bond acceptors (Lipinski definition) is 4. The van der Waals surface area contributed by atoms with E-state index in [0.717, 1.165) is 11.1 Å². The molecule has 0 aliphatic carbocycles. The minimum Gasteiger partial charge on any atom is -0.493 e. The molecule has 26 heavy (non-hydrogen) atoms. The summed E-state index contributed by atoms with van der Waals surface area (Å²) in [5, 5.41) is 3.28. The van der Waals surface area contributed by atoms with Crippen molar-refractivity contribution >= 4 is 23.5 Å². The molecule has 2 aromatic carbocycles. The van der Waals surface area contributed by atoms with Gasteiger partial charge in [-0.05, 0) is 37.6 Å². The molecule has 0 spiro atoms. The fourth-order valence-corrected chi connectivity index (χ4v) is 2.37. The topological polar surface area (TPSA) is 64.6 Å². The summed E-state index contributed by atoms with van der Waals surface area (Å²) in [7, 11) is 0. The molecule has 0 heterocycles. The van der Waals surface area contributed by atoms with Gasteiger partial charge in [-0.3, -0.25) is 9.59 Å². The summed E-state index contributed by atoms with van der Waals surface area (Å²) in [4.78, 5) is 23.9. The highest BCUT2D eigenvalue weighted by atomic mass is 35.5. The lowest BCUT2D eigenvalue weighted by molar-refractivity contribution is -0.155. The second-order valence-electron chi connectivity index (χ2n) is 5.85. The summed E-state index contributed by atoms with van der Waals surface area (Å²) in [6, 6.07) is 14.8. The maximum Gasteiger partial charge on any atom is 0.310 e. The molecule has 5 nitrogen and oxygen atoms in total. The van der Waals surface area contributed by atoms with Gasteiger partial charge in [-0.2, -0.15) is 0 Å².